The summed E-state index contributed by atoms with van der Waals surface area (Å²) in [5.41, 5.74) is 6.62. The molecule has 8 rings (SSSR count). The van der Waals surface area contributed by atoms with Gasteiger partial charge in [0.05, 0.1) is 61.3 Å². The molecule has 340 valence electrons. The first kappa shape index (κ1) is 44.3. The minimum Gasteiger partial charge on any atom is -0.469 e. The molecule has 64 heavy (non-hydrogen) atoms. The predicted octanol–water partition coefficient (Wildman–Crippen LogP) is 8.50. The van der Waals surface area contributed by atoms with E-state index in [-0.39, 0.29) is 47.4 Å². The number of nitrogens with zero attached hydrogens (tertiary/aromatic N) is 5. The van der Waals surface area contributed by atoms with E-state index < -0.39 is 24.3 Å². The molecule has 2 saturated heterocycles. The van der Waals surface area contributed by atoms with E-state index in [1.54, 1.807) is 0 Å². The van der Waals surface area contributed by atoms with Crippen molar-refractivity contribution in [2.24, 2.45) is 17.3 Å². The lowest BCUT2D eigenvalue weighted by Gasteiger charge is -2.34. The molecule has 2 aromatic carbocycles. The maximum atomic E-state index is 13.8. The molecule has 6 heterocycles. The molecular weight excluding hydrogens is 815 g/mol. The fourth-order valence-corrected chi connectivity index (χ4v) is 9.47. The number of aromatic nitrogens is 5. The molecular formula is C48H61N9O7. The highest BCUT2D eigenvalue weighted by Gasteiger charge is 2.39. The van der Waals surface area contributed by atoms with Gasteiger partial charge in [-0.25, -0.2) is 19.6 Å². The van der Waals surface area contributed by atoms with Crippen molar-refractivity contribution in [1.29, 1.82) is 0 Å². The molecule has 1 unspecified atom stereocenters. The lowest BCUT2D eigenvalue weighted by atomic mass is 9.90. The highest BCUT2D eigenvalue weighted by molar-refractivity contribution is 5.92. The van der Waals surface area contributed by atoms with Gasteiger partial charge in [0.25, 0.3) is 0 Å². The number of rotatable bonds is 11. The normalized spacial score (nSPS) is 19.3. The van der Waals surface area contributed by atoms with Gasteiger partial charge in [-0.1, -0.05) is 60.6 Å². The lowest BCUT2D eigenvalue weighted by Crippen LogP contribution is -2.51. The lowest BCUT2D eigenvalue weighted by molar-refractivity contribution is -0.136. The average Bonchev–Trinajstić information content (AvgIpc) is 4.12. The Kier molecular flexibility index (Phi) is 12.2. The Bertz CT molecular complexity index is 2550. The number of hydrogen-bond acceptors (Lipinski definition) is 9. The Morgan fingerprint density at radius 1 is 0.766 bits per heavy atom. The maximum absolute atomic E-state index is 13.8. The van der Waals surface area contributed by atoms with Crippen LogP contribution in [0.25, 0.3) is 44.7 Å². The van der Waals surface area contributed by atoms with E-state index in [0.717, 1.165) is 82.5 Å². The number of carbonyl (C=O) groups is 4. The Morgan fingerprint density at radius 2 is 1.28 bits per heavy atom. The quantitative estimate of drug-likeness (QED) is 0.101. The molecule has 4 amide bonds. The Labute approximate surface area is 373 Å². The first-order chi connectivity index (χ1) is 30.5. The highest BCUT2D eigenvalue weighted by atomic mass is 16.5. The Balaban J connectivity index is 1.06. The van der Waals surface area contributed by atoms with Gasteiger partial charge in [-0.2, -0.15) is 0 Å². The van der Waals surface area contributed by atoms with Crippen LogP contribution in [0.5, 0.6) is 5.75 Å². The molecule has 0 saturated carbocycles. The van der Waals surface area contributed by atoms with Gasteiger partial charge in [0.1, 0.15) is 29.5 Å². The van der Waals surface area contributed by atoms with Crippen molar-refractivity contribution < 1.29 is 33.4 Å². The summed E-state index contributed by atoms with van der Waals surface area (Å²) in [6.45, 7) is 15.4. The number of H-pyrrole nitrogens is 2. The zero-order chi connectivity index (χ0) is 45.6. The summed E-state index contributed by atoms with van der Waals surface area (Å²) in [6, 6.07) is 13.0. The summed E-state index contributed by atoms with van der Waals surface area (Å²) in [5, 5.41) is 6.50. The Morgan fingerprint density at radius 3 is 1.78 bits per heavy atom. The third-order valence-corrected chi connectivity index (χ3v) is 12.7. The number of carbonyl (C=O) groups excluding carboxylic acids is 4. The molecule has 5 aromatic rings. The fraction of sp³-hybridized carbons (Fsp3) is 0.500. The number of aromatic amines is 2. The molecule has 4 N–H and O–H groups in total. The molecule has 0 spiro atoms. The molecule has 0 bridgehead atoms. The summed E-state index contributed by atoms with van der Waals surface area (Å²) >= 11 is 0. The van der Waals surface area contributed by atoms with E-state index in [1.165, 1.54) is 14.2 Å². The van der Waals surface area contributed by atoms with Gasteiger partial charge < -0.3 is 49.2 Å². The van der Waals surface area contributed by atoms with Gasteiger partial charge in [-0.15, -0.1) is 0 Å². The van der Waals surface area contributed by atoms with Gasteiger partial charge in [-0.05, 0) is 73.3 Å². The van der Waals surface area contributed by atoms with Crippen LogP contribution in [-0.2, 0) is 19.1 Å². The maximum Gasteiger partial charge on any atom is 0.407 e. The largest absolute Gasteiger partial charge is 0.469 e. The molecule has 5 atom stereocenters. The summed E-state index contributed by atoms with van der Waals surface area (Å²) in [6.07, 6.45) is 6.07. The van der Waals surface area contributed by atoms with Crippen LogP contribution in [0.2, 0.25) is 0 Å². The molecule has 16 nitrogen and oxygen atoms in total. The zero-order valence-electron chi connectivity index (χ0n) is 38.3. The number of alkyl carbamates (subject to hydrolysis) is 2. The molecule has 2 fully saturated rings. The van der Waals surface area contributed by atoms with Gasteiger partial charge in [-0.3, -0.25) is 9.59 Å². The van der Waals surface area contributed by atoms with Crippen molar-refractivity contribution in [1.82, 2.24) is 44.9 Å². The number of benzene rings is 2. The SMILES string of the molecule is COC(=O)N[C@H](C(=O)N1CCC[C@H]1c1ncc(-c2ccc3c(c2)OC(CC(C)(C)C)n2c-3cc3cc(-c4cnc([C@@H]5CCCN5C(=O)[C@@H](NC(=O)OC)C(C)C)[nH]4)ccc32)[nH]1)C(C)C. The van der Waals surface area contributed by atoms with Crippen LogP contribution in [0.15, 0.2) is 54.9 Å². The number of methoxy groups -OCH3 is 2. The third kappa shape index (κ3) is 8.66. The molecule has 3 aromatic heterocycles. The summed E-state index contributed by atoms with van der Waals surface area (Å²) < 4.78 is 18.8. The van der Waals surface area contributed by atoms with E-state index in [4.69, 9.17) is 24.2 Å². The summed E-state index contributed by atoms with van der Waals surface area (Å²) in [7, 11) is 2.59. The number of amides is 4. The van der Waals surface area contributed by atoms with Crippen LogP contribution in [0, 0.1) is 17.3 Å². The van der Waals surface area contributed by atoms with Crippen molar-refractivity contribution in [2.75, 3.05) is 27.3 Å². The van der Waals surface area contributed by atoms with E-state index in [2.05, 4.69) is 88.4 Å². The van der Waals surface area contributed by atoms with Crippen LogP contribution in [0.1, 0.15) is 111 Å². The van der Waals surface area contributed by atoms with Gasteiger partial charge in [0.2, 0.25) is 11.8 Å². The van der Waals surface area contributed by atoms with Crippen LogP contribution < -0.4 is 15.4 Å². The standard InChI is InChI=1S/C48H61N9O7/c1-26(2)40(53-46(60)62-8)44(58)55-18-10-12-35(55)42-49-24-32(51-42)28-15-17-34-30(20-28)21-37-31-16-14-29(22-38(31)64-39(57(34)37)23-48(5,6)7)33-25-50-43(52-33)36-13-11-19-56(36)45(59)41(27(3)4)54-47(61)63-9/h14-17,20-22,24-27,35-36,39-41H,10-13,18-19,23H2,1-9H3,(H,49,51)(H,50,52)(H,53,60)(H,54,61)/t35-,36-,39?,40-,41-/m0/s1. The van der Waals surface area contributed by atoms with Crippen molar-refractivity contribution >= 4 is 34.9 Å². The minimum atomic E-state index is -0.712. The van der Waals surface area contributed by atoms with Gasteiger partial charge in [0, 0.05) is 41.6 Å². The predicted molar refractivity (Wildman–Crippen MR) is 242 cm³/mol. The minimum absolute atomic E-state index is 0.0379. The van der Waals surface area contributed by atoms with E-state index >= 15 is 0 Å². The highest BCUT2D eigenvalue weighted by Crippen LogP contribution is 2.47. The number of hydrogen-bond donors (Lipinski definition) is 4. The van der Waals surface area contributed by atoms with Crippen molar-refractivity contribution in [2.45, 2.75) is 111 Å². The zero-order valence-corrected chi connectivity index (χ0v) is 38.3. The molecule has 16 heteroatoms. The third-order valence-electron chi connectivity index (χ3n) is 12.7. The number of nitrogens with one attached hydrogen (secondary N) is 4. The van der Waals surface area contributed by atoms with Crippen molar-refractivity contribution in [3.05, 3.63) is 66.5 Å². The second kappa shape index (κ2) is 17.7. The molecule has 3 aliphatic heterocycles. The number of imidazole rings is 2. The number of fused-ring (bicyclic) bond motifs is 5. The van der Waals surface area contributed by atoms with Crippen molar-refractivity contribution in [3.63, 3.8) is 0 Å². The summed E-state index contributed by atoms with van der Waals surface area (Å²) in [5.74, 6) is 1.65. The Hall–Kier alpha value is -6.32. The van der Waals surface area contributed by atoms with Crippen LogP contribution >= 0.6 is 0 Å². The summed E-state index contributed by atoms with van der Waals surface area (Å²) in [4.78, 5) is 71.9. The molecule has 0 radical (unpaired) electrons. The fourth-order valence-electron chi connectivity index (χ4n) is 9.47. The van der Waals surface area contributed by atoms with Crippen LogP contribution in [0.4, 0.5) is 9.59 Å². The van der Waals surface area contributed by atoms with Crippen LogP contribution in [-0.4, -0.2) is 97.7 Å². The monoisotopic (exact) mass is 875 g/mol. The first-order valence-electron chi connectivity index (χ1n) is 22.4. The number of likely N-dealkylation sites (tertiary alicyclic amines) is 2. The van der Waals surface area contributed by atoms with E-state index in [1.807, 2.05) is 49.9 Å². The van der Waals surface area contributed by atoms with Gasteiger partial charge in [0.15, 0.2) is 6.23 Å². The van der Waals surface area contributed by atoms with Crippen LogP contribution in [0.3, 0.4) is 0 Å². The second-order valence-electron chi connectivity index (χ2n) is 19.2. The van der Waals surface area contributed by atoms with Gasteiger partial charge >= 0.3 is 12.2 Å². The van der Waals surface area contributed by atoms with Crippen molar-refractivity contribution in [3.8, 4) is 39.5 Å². The van der Waals surface area contributed by atoms with E-state index in [0.29, 0.717) is 24.7 Å². The van der Waals surface area contributed by atoms with E-state index in [9.17, 15) is 19.2 Å². The average molecular weight is 876 g/mol. The molecule has 3 aliphatic rings. The number of ether oxygens (including phenoxy) is 3. The smallest absolute Gasteiger partial charge is 0.407 e. The first-order valence-corrected chi connectivity index (χ1v) is 22.4. The molecule has 0 aliphatic carbocycles. The topological polar surface area (TPSA) is 189 Å². The second-order valence-corrected chi connectivity index (χ2v) is 19.2.